The van der Waals surface area contributed by atoms with E-state index in [-0.39, 0.29) is 17.0 Å². The van der Waals surface area contributed by atoms with Crippen LogP contribution in [0.1, 0.15) is 26.3 Å². The Morgan fingerprint density at radius 2 is 1.86 bits per heavy atom. The molecule has 0 saturated heterocycles. The minimum atomic E-state index is -0.499. The third kappa shape index (κ3) is 3.33. The normalized spacial score (nSPS) is 11.1. The summed E-state index contributed by atoms with van der Waals surface area (Å²) in [5, 5.41) is 14.0. The quantitative estimate of drug-likeness (QED) is 0.679. The standard InChI is InChI=1S/C16H19N3O3/c1-16(2,3)11-7-5-6-8-13(11)22-15-12(19(20)21)9-10-14(17-4)18-15/h5-10H,1-4H3,(H,17,18). The number of hydrogen-bond donors (Lipinski definition) is 1. The van der Waals surface area contributed by atoms with Gasteiger partial charge in [-0.15, -0.1) is 0 Å². The van der Waals surface area contributed by atoms with Crippen LogP contribution in [0.25, 0.3) is 0 Å². The minimum absolute atomic E-state index is 0.0199. The minimum Gasteiger partial charge on any atom is -0.433 e. The first kappa shape index (κ1) is 15.8. The van der Waals surface area contributed by atoms with Crippen molar-refractivity contribution in [1.29, 1.82) is 0 Å². The zero-order chi connectivity index (χ0) is 16.3. The fourth-order valence-electron chi connectivity index (χ4n) is 2.07. The van der Waals surface area contributed by atoms with Gasteiger partial charge in [-0.2, -0.15) is 4.98 Å². The molecule has 0 saturated carbocycles. The number of anilines is 1. The molecule has 0 spiro atoms. The smallest absolute Gasteiger partial charge is 0.331 e. The molecule has 0 aliphatic carbocycles. The molecule has 6 nitrogen and oxygen atoms in total. The number of rotatable bonds is 4. The highest BCUT2D eigenvalue weighted by Crippen LogP contribution is 2.36. The average molecular weight is 301 g/mol. The Kier molecular flexibility index (Phi) is 4.30. The first-order valence-corrected chi connectivity index (χ1v) is 6.93. The van der Waals surface area contributed by atoms with Crippen molar-refractivity contribution in [3.63, 3.8) is 0 Å². The van der Waals surface area contributed by atoms with E-state index in [0.29, 0.717) is 11.6 Å². The number of aromatic nitrogens is 1. The molecule has 2 aromatic rings. The average Bonchev–Trinajstić information content (AvgIpc) is 2.46. The lowest BCUT2D eigenvalue weighted by Gasteiger charge is -2.22. The van der Waals surface area contributed by atoms with E-state index in [4.69, 9.17) is 4.74 Å². The highest BCUT2D eigenvalue weighted by Gasteiger charge is 2.23. The van der Waals surface area contributed by atoms with Crippen molar-refractivity contribution in [2.45, 2.75) is 26.2 Å². The maximum Gasteiger partial charge on any atom is 0.331 e. The molecule has 0 fully saturated rings. The van der Waals surface area contributed by atoms with Gasteiger partial charge in [0.05, 0.1) is 4.92 Å². The molecular weight excluding hydrogens is 282 g/mol. The van der Waals surface area contributed by atoms with E-state index in [1.165, 1.54) is 6.07 Å². The lowest BCUT2D eigenvalue weighted by molar-refractivity contribution is -0.386. The second kappa shape index (κ2) is 6.01. The van der Waals surface area contributed by atoms with Gasteiger partial charge in [0, 0.05) is 18.7 Å². The van der Waals surface area contributed by atoms with Crippen LogP contribution < -0.4 is 10.1 Å². The summed E-state index contributed by atoms with van der Waals surface area (Å²) < 4.78 is 5.78. The van der Waals surface area contributed by atoms with Crippen molar-refractivity contribution in [3.05, 3.63) is 52.1 Å². The van der Waals surface area contributed by atoms with Crippen molar-refractivity contribution < 1.29 is 9.66 Å². The molecule has 1 aromatic carbocycles. The summed E-state index contributed by atoms with van der Waals surface area (Å²) in [5.41, 5.74) is 0.648. The van der Waals surface area contributed by atoms with Gasteiger partial charge in [-0.3, -0.25) is 10.1 Å². The number of nitrogens with zero attached hydrogens (tertiary/aromatic N) is 2. The predicted octanol–water partition coefficient (Wildman–Crippen LogP) is 4.12. The molecule has 0 unspecified atom stereocenters. The van der Waals surface area contributed by atoms with Gasteiger partial charge in [-0.1, -0.05) is 39.0 Å². The second-order valence-corrected chi connectivity index (χ2v) is 5.88. The highest BCUT2D eigenvalue weighted by atomic mass is 16.6. The van der Waals surface area contributed by atoms with E-state index < -0.39 is 4.92 Å². The van der Waals surface area contributed by atoms with E-state index in [9.17, 15) is 10.1 Å². The van der Waals surface area contributed by atoms with Gasteiger partial charge in [0.15, 0.2) is 0 Å². The largest absolute Gasteiger partial charge is 0.433 e. The molecule has 116 valence electrons. The molecule has 0 amide bonds. The number of para-hydroxylation sites is 1. The Morgan fingerprint density at radius 1 is 1.18 bits per heavy atom. The maximum absolute atomic E-state index is 11.2. The first-order valence-electron chi connectivity index (χ1n) is 6.93. The van der Waals surface area contributed by atoms with Crippen LogP contribution in [0.2, 0.25) is 0 Å². The van der Waals surface area contributed by atoms with Crippen LogP contribution in [0.15, 0.2) is 36.4 Å². The summed E-state index contributed by atoms with van der Waals surface area (Å²) in [5.74, 6) is 1.06. The van der Waals surface area contributed by atoms with E-state index in [1.54, 1.807) is 19.2 Å². The fourth-order valence-corrected chi connectivity index (χ4v) is 2.07. The lowest BCUT2D eigenvalue weighted by Crippen LogP contribution is -2.12. The Labute approximate surface area is 129 Å². The van der Waals surface area contributed by atoms with Crippen LogP contribution >= 0.6 is 0 Å². The first-order chi connectivity index (χ1) is 10.3. The van der Waals surface area contributed by atoms with Gasteiger partial charge >= 0.3 is 11.6 Å². The van der Waals surface area contributed by atoms with Crippen molar-refractivity contribution >= 4 is 11.5 Å². The third-order valence-corrected chi connectivity index (χ3v) is 3.19. The Morgan fingerprint density at radius 3 is 2.45 bits per heavy atom. The summed E-state index contributed by atoms with van der Waals surface area (Å²) in [6, 6.07) is 10.4. The molecular formula is C16H19N3O3. The van der Waals surface area contributed by atoms with Crippen LogP contribution in [0.4, 0.5) is 11.5 Å². The molecule has 1 N–H and O–H groups in total. The van der Waals surface area contributed by atoms with Gasteiger partial charge in [0.25, 0.3) is 0 Å². The zero-order valence-corrected chi connectivity index (χ0v) is 13.1. The van der Waals surface area contributed by atoms with Crippen LogP contribution in [0.3, 0.4) is 0 Å². The van der Waals surface area contributed by atoms with Crippen LogP contribution in [-0.2, 0) is 5.41 Å². The SMILES string of the molecule is CNc1ccc([N+](=O)[O-])c(Oc2ccccc2C(C)(C)C)n1. The number of pyridine rings is 1. The van der Waals surface area contributed by atoms with E-state index in [2.05, 4.69) is 31.1 Å². The number of hydrogen-bond acceptors (Lipinski definition) is 5. The molecule has 0 radical (unpaired) electrons. The summed E-state index contributed by atoms with van der Waals surface area (Å²) in [7, 11) is 1.70. The molecule has 0 aliphatic heterocycles. The van der Waals surface area contributed by atoms with E-state index >= 15 is 0 Å². The van der Waals surface area contributed by atoms with E-state index in [0.717, 1.165) is 5.56 Å². The second-order valence-electron chi connectivity index (χ2n) is 5.88. The lowest BCUT2D eigenvalue weighted by atomic mass is 9.86. The van der Waals surface area contributed by atoms with Crippen molar-refractivity contribution in [2.75, 3.05) is 12.4 Å². The number of nitrogens with one attached hydrogen (secondary N) is 1. The summed E-state index contributed by atoms with van der Waals surface area (Å²) in [6.45, 7) is 6.17. The van der Waals surface area contributed by atoms with Gasteiger partial charge in [0.1, 0.15) is 11.6 Å². The Balaban J connectivity index is 2.49. The number of benzene rings is 1. The van der Waals surface area contributed by atoms with Gasteiger partial charge < -0.3 is 10.1 Å². The Hall–Kier alpha value is -2.63. The summed E-state index contributed by atoms with van der Waals surface area (Å²) >= 11 is 0. The van der Waals surface area contributed by atoms with Crippen LogP contribution in [0.5, 0.6) is 11.6 Å². The molecule has 0 bridgehead atoms. The molecule has 1 aromatic heterocycles. The topological polar surface area (TPSA) is 77.3 Å². The maximum atomic E-state index is 11.2. The molecule has 6 heteroatoms. The van der Waals surface area contributed by atoms with Gasteiger partial charge in [-0.25, -0.2) is 0 Å². The molecule has 1 heterocycles. The summed E-state index contributed by atoms with van der Waals surface area (Å²) in [4.78, 5) is 14.8. The van der Waals surface area contributed by atoms with Crippen LogP contribution in [0, 0.1) is 10.1 Å². The zero-order valence-electron chi connectivity index (χ0n) is 13.1. The predicted molar refractivity (Wildman–Crippen MR) is 85.7 cm³/mol. The molecule has 2 rings (SSSR count). The van der Waals surface area contributed by atoms with Crippen molar-refractivity contribution in [3.8, 4) is 11.6 Å². The molecule has 22 heavy (non-hydrogen) atoms. The number of ether oxygens (including phenoxy) is 1. The number of nitro groups is 1. The van der Waals surface area contributed by atoms with Crippen LogP contribution in [-0.4, -0.2) is 17.0 Å². The van der Waals surface area contributed by atoms with Gasteiger partial charge in [0.2, 0.25) is 0 Å². The summed E-state index contributed by atoms with van der Waals surface area (Å²) in [6.07, 6.45) is 0. The van der Waals surface area contributed by atoms with Crippen molar-refractivity contribution in [2.24, 2.45) is 0 Å². The van der Waals surface area contributed by atoms with E-state index in [1.807, 2.05) is 18.2 Å². The molecule has 0 aliphatic rings. The highest BCUT2D eigenvalue weighted by molar-refractivity contribution is 5.51. The molecule has 0 atom stereocenters. The van der Waals surface area contributed by atoms with Gasteiger partial charge in [-0.05, 0) is 17.5 Å². The Bertz CT molecular complexity index is 693. The third-order valence-electron chi connectivity index (χ3n) is 3.19. The monoisotopic (exact) mass is 301 g/mol. The fraction of sp³-hybridized carbons (Fsp3) is 0.312. The van der Waals surface area contributed by atoms with Crippen molar-refractivity contribution in [1.82, 2.24) is 4.98 Å².